The fourth-order valence-electron chi connectivity index (χ4n) is 2.29. The molecule has 0 aliphatic carbocycles. The van der Waals surface area contributed by atoms with Crippen molar-refractivity contribution in [3.05, 3.63) is 5.69 Å². The summed E-state index contributed by atoms with van der Waals surface area (Å²) in [6.45, 7) is 4.24. The van der Waals surface area contributed by atoms with Crippen LogP contribution in [0.5, 0.6) is 0 Å². The maximum absolute atomic E-state index is 4.61. The number of aryl methyl sites for hydroxylation is 2. The van der Waals surface area contributed by atoms with Crippen molar-refractivity contribution in [2.75, 3.05) is 18.4 Å². The zero-order chi connectivity index (χ0) is 11.8. The molecule has 0 aromatic carbocycles. The lowest BCUT2D eigenvalue weighted by molar-refractivity contribution is 0.479. The van der Waals surface area contributed by atoms with E-state index in [0.717, 1.165) is 29.6 Å². The number of aromatic nitrogens is 3. The molecule has 0 atom stereocenters. The van der Waals surface area contributed by atoms with E-state index < -0.39 is 0 Å². The van der Waals surface area contributed by atoms with Gasteiger partial charge >= 0.3 is 0 Å². The fourth-order valence-corrected chi connectivity index (χ4v) is 3.30. The maximum atomic E-state index is 4.61. The molecule has 1 saturated heterocycles. The molecule has 0 radical (unpaired) electrons. The van der Waals surface area contributed by atoms with E-state index in [0.29, 0.717) is 6.04 Å². The van der Waals surface area contributed by atoms with Gasteiger partial charge in [-0.1, -0.05) is 11.3 Å². The molecule has 1 fully saturated rings. The molecule has 0 amide bonds. The predicted molar refractivity (Wildman–Crippen MR) is 85.1 cm³/mol. The minimum atomic E-state index is 0. The SMILES string of the molecule is Cc1nn(C)c2nc(NC3CCNCC3)sc12.Cl.Cl. The van der Waals surface area contributed by atoms with E-state index in [1.54, 1.807) is 11.3 Å². The smallest absolute Gasteiger partial charge is 0.185 e. The summed E-state index contributed by atoms with van der Waals surface area (Å²) in [5.74, 6) is 0. The van der Waals surface area contributed by atoms with Crippen LogP contribution in [0.2, 0.25) is 0 Å². The van der Waals surface area contributed by atoms with Crippen molar-refractivity contribution in [3.8, 4) is 0 Å². The first-order valence-corrected chi connectivity index (χ1v) is 6.83. The first-order valence-electron chi connectivity index (χ1n) is 6.01. The van der Waals surface area contributed by atoms with Crippen molar-refractivity contribution >= 4 is 51.6 Å². The van der Waals surface area contributed by atoms with E-state index in [1.165, 1.54) is 17.5 Å². The van der Waals surface area contributed by atoms with Crippen molar-refractivity contribution < 1.29 is 0 Å². The Morgan fingerprint density at radius 2 is 2.00 bits per heavy atom. The van der Waals surface area contributed by atoms with Crippen LogP contribution >= 0.6 is 36.2 Å². The van der Waals surface area contributed by atoms with E-state index in [2.05, 4.69) is 20.7 Å². The van der Waals surface area contributed by atoms with Gasteiger partial charge in [-0.05, 0) is 32.9 Å². The summed E-state index contributed by atoms with van der Waals surface area (Å²) in [4.78, 5) is 4.61. The van der Waals surface area contributed by atoms with Crippen LogP contribution in [0.15, 0.2) is 0 Å². The number of thiazole rings is 1. The van der Waals surface area contributed by atoms with Crippen LogP contribution in [0.1, 0.15) is 18.5 Å². The predicted octanol–water partition coefficient (Wildman–Crippen LogP) is 2.35. The molecule has 0 saturated carbocycles. The summed E-state index contributed by atoms with van der Waals surface area (Å²) < 4.78 is 3.05. The molecule has 19 heavy (non-hydrogen) atoms. The molecular weight excluding hydrogens is 305 g/mol. The van der Waals surface area contributed by atoms with E-state index in [-0.39, 0.29) is 24.8 Å². The number of halogens is 2. The highest BCUT2D eigenvalue weighted by molar-refractivity contribution is 7.22. The topological polar surface area (TPSA) is 54.8 Å². The Morgan fingerprint density at radius 1 is 1.32 bits per heavy atom. The summed E-state index contributed by atoms with van der Waals surface area (Å²) in [6, 6.07) is 0.560. The van der Waals surface area contributed by atoms with Crippen LogP contribution in [0.25, 0.3) is 10.3 Å². The molecule has 2 N–H and O–H groups in total. The van der Waals surface area contributed by atoms with Gasteiger partial charge in [-0.15, -0.1) is 24.8 Å². The number of fused-ring (bicyclic) bond motifs is 1. The number of rotatable bonds is 2. The zero-order valence-corrected chi connectivity index (χ0v) is 13.4. The van der Waals surface area contributed by atoms with Crippen molar-refractivity contribution in [3.63, 3.8) is 0 Å². The summed E-state index contributed by atoms with van der Waals surface area (Å²) in [6.07, 6.45) is 2.35. The Kier molecular flexibility index (Phi) is 5.85. The molecule has 1 aliphatic rings. The van der Waals surface area contributed by atoms with Crippen molar-refractivity contribution in [1.82, 2.24) is 20.1 Å². The Labute approximate surface area is 129 Å². The standard InChI is InChI=1S/C11H17N5S.2ClH/c1-7-9-10(16(2)15-7)14-11(17-9)13-8-3-5-12-6-4-8;;/h8,12H,3-6H2,1-2H3,(H,13,14);2*1H. The average molecular weight is 324 g/mol. The summed E-state index contributed by atoms with van der Waals surface area (Å²) in [5.41, 5.74) is 2.06. The van der Waals surface area contributed by atoms with Gasteiger partial charge in [0.1, 0.15) is 0 Å². The second kappa shape index (κ2) is 6.74. The van der Waals surface area contributed by atoms with Gasteiger partial charge in [0.15, 0.2) is 10.8 Å². The maximum Gasteiger partial charge on any atom is 0.185 e. The van der Waals surface area contributed by atoms with E-state index in [4.69, 9.17) is 0 Å². The first-order chi connectivity index (χ1) is 8.24. The normalized spacial score (nSPS) is 15.9. The van der Waals surface area contributed by atoms with Gasteiger partial charge in [-0.2, -0.15) is 5.10 Å². The highest BCUT2D eigenvalue weighted by atomic mass is 35.5. The van der Waals surface area contributed by atoms with Crippen LogP contribution < -0.4 is 10.6 Å². The molecule has 0 unspecified atom stereocenters. The van der Waals surface area contributed by atoms with Gasteiger partial charge in [0.25, 0.3) is 0 Å². The third-order valence-corrected chi connectivity index (χ3v) is 4.30. The summed E-state index contributed by atoms with van der Waals surface area (Å²) in [5, 5.41) is 12.3. The van der Waals surface area contributed by atoms with E-state index in [1.807, 2.05) is 18.7 Å². The molecule has 2 aromatic rings. The molecule has 108 valence electrons. The Hall–Kier alpha value is -0.560. The quantitative estimate of drug-likeness (QED) is 0.890. The molecule has 8 heteroatoms. The average Bonchev–Trinajstić information content (AvgIpc) is 2.83. The van der Waals surface area contributed by atoms with E-state index >= 15 is 0 Å². The van der Waals surface area contributed by atoms with Crippen molar-refractivity contribution in [2.45, 2.75) is 25.8 Å². The molecule has 5 nitrogen and oxygen atoms in total. The van der Waals surface area contributed by atoms with Crippen LogP contribution in [0.3, 0.4) is 0 Å². The minimum Gasteiger partial charge on any atom is -0.359 e. The fraction of sp³-hybridized carbons (Fsp3) is 0.636. The largest absolute Gasteiger partial charge is 0.359 e. The number of nitrogens with zero attached hydrogens (tertiary/aromatic N) is 3. The molecular formula is C11H19Cl2N5S. The van der Waals surface area contributed by atoms with Crippen molar-refractivity contribution in [2.24, 2.45) is 7.05 Å². The van der Waals surface area contributed by atoms with Crippen LogP contribution in [-0.2, 0) is 7.05 Å². The summed E-state index contributed by atoms with van der Waals surface area (Å²) >= 11 is 1.71. The van der Waals surface area contributed by atoms with Crippen molar-refractivity contribution in [1.29, 1.82) is 0 Å². The molecule has 3 heterocycles. The Balaban J connectivity index is 0.000000902. The number of anilines is 1. The molecule has 0 spiro atoms. The van der Waals surface area contributed by atoms with Gasteiger partial charge < -0.3 is 10.6 Å². The molecule has 0 bridgehead atoms. The van der Waals surface area contributed by atoms with Gasteiger partial charge in [0.2, 0.25) is 0 Å². The van der Waals surface area contributed by atoms with E-state index in [9.17, 15) is 0 Å². The summed E-state index contributed by atoms with van der Waals surface area (Å²) in [7, 11) is 1.95. The lowest BCUT2D eigenvalue weighted by Gasteiger charge is -2.23. The lowest BCUT2D eigenvalue weighted by Crippen LogP contribution is -2.35. The van der Waals surface area contributed by atoms with Crippen LogP contribution in [0.4, 0.5) is 5.13 Å². The highest BCUT2D eigenvalue weighted by Gasteiger charge is 2.16. The minimum absolute atomic E-state index is 0. The Bertz CT molecular complexity index is 498. The number of hydrogen-bond donors (Lipinski definition) is 2. The number of nitrogens with one attached hydrogen (secondary N) is 2. The van der Waals surface area contributed by atoms with Crippen LogP contribution in [0, 0.1) is 6.92 Å². The molecule has 3 rings (SSSR count). The van der Waals surface area contributed by atoms with Gasteiger partial charge in [-0.3, -0.25) is 0 Å². The van der Waals surface area contributed by atoms with Crippen LogP contribution in [-0.4, -0.2) is 33.9 Å². The molecule has 1 aliphatic heterocycles. The molecule has 2 aromatic heterocycles. The first kappa shape index (κ1) is 16.5. The third-order valence-electron chi connectivity index (χ3n) is 3.21. The third kappa shape index (κ3) is 3.31. The number of hydrogen-bond acceptors (Lipinski definition) is 5. The second-order valence-corrected chi connectivity index (χ2v) is 5.55. The van der Waals surface area contributed by atoms with Gasteiger partial charge in [0, 0.05) is 13.1 Å². The zero-order valence-electron chi connectivity index (χ0n) is 11.0. The second-order valence-electron chi connectivity index (χ2n) is 4.55. The monoisotopic (exact) mass is 323 g/mol. The number of piperidine rings is 1. The van der Waals surface area contributed by atoms with Gasteiger partial charge in [-0.25, -0.2) is 9.67 Å². The highest BCUT2D eigenvalue weighted by Crippen LogP contribution is 2.29. The van der Waals surface area contributed by atoms with Gasteiger partial charge in [0.05, 0.1) is 10.4 Å². The Morgan fingerprint density at radius 3 is 2.63 bits per heavy atom. The lowest BCUT2D eigenvalue weighted by atomic mass is 10.1.